The molecule has 0 aliphatic heterocycles. The molecule has 8 nitrogen and oxygen atoms in total. The third kappa shape index (κ3) is 4.94. The van der Waals surface area contributed by atoms with E-state index in [0.29, 0.717) is 29.9 Å². The van der Waals surface area contributed by atoms with Gasteiger partial charge in [-0.3, -0.25) is 9.59 Å². The first kappa shape index (κ1) is 22.1. The van der Waals surface area contributed by atoms with E-state index in [0.717, 1.165) is 11.3 Å². The summed E-state index contributed by atoms with van der Waals surface area (Å²) in [6.07, 6.45) is -0.0536. The normalized spacial score (nSPS) is 10.9. The number of esters is 2. The Morgan fingerprint density at radius 1 is 1.13 bits per heavy atom. The highest BCUT2D eigenvalue weighted by Gasteiger charge is 2.21. The Hall–Kier alpha value is -2.56. The van der Waals surface area contributed by atoms with Gasteiger partial charge in [0.15, 0.2) is 18.2 Å². The van der Waals surface area contributed by atoms with Crippen LogP contribution in [-0.2, 0) is 20.9 Å². The van der Waals surface area contributed by atoms with Crippen molar-refractivity contribution in [1.82, 2.24) is 9.97 Å². The Kier molecular flexibility index (Phi) is 7.01. The van der Waals surface area contributed by atoms with Crippen LogP contribution in [0.3, 0.4) is 0 Å². The molecule has 3 rings (SSSR count). The van der Waals surface area contributed by atoms with Gasteiger partial charge in [0.05, 0.1) is 27.6 Å². The Morgan fingerprint density at radius 3 is 2.57 bits per heavy atom. The van der Waals surface area contributed by atoms with Gasteiger partial charge in [-0.05, 0) is 31.5 Å². The van der Waals surface area contributed by atoms with Crippen molar-refractivity contribution in [3.8, 4) is 0 Å². The fourth-order valence-electron chi connectivity index (χ4n) is 2.69. The molecule has 0 bridgehead atoms. The number of aryl methyl sites for hydroxylation is 1. The highest BCUT2D eigenvalue weighted by atomic mass is 35.5. The van der Waals surface area contributed by atoms with E-state index in [4.69, 9.17) is 26.8 Å². The molecule has 0 aromatic carbocycles. The number of nitrogens with zero attached hydrogens (tertiary/aromatic N) is 2. The van der Waals surface area contributed by atoms with E-state index in [9.17, 15) is 14.4 Å². The molecule has 3 aromatic rings. The van der Waals surface area contributed by atoms with Crippen molar-refractivity contribution in [2.75, 3.05) is 12.3 Å². The molecule has 158 valence electrons. The van der Waals surface area contributed by atoms with Crippen LogP contribution in [0.5, 0.6) is 0 Å². The number of anilines is 1. The van der Waals surface area contributed by atoms with Crippen molar-refractivity contribution in [2.24, 2.45) is 0 Å². The average Bonchev–Trinajstić information content (AvgIpc) is 3.28. The van der Waals surface area contributed by atoms with Crippen molar-refractivity contribution in [3.05, 3.63) is 37.6 Å². The quantitative estimate of drug-likeness (QED) is 0.386. The third-order valence-electron chi connectivity index (χ3n) is 4.09. The van der Waals surface area contributed by atoms with Gasteiger partial charge in [-0.1, -0.05) is 11.6 Å². The molecule has 0 spiro atoms. The summed E-state index contributed by atoms with van der Waals surface area (Å²) in [4.78, 5) is 46.0. The van der Waals surface area contributed by atoms with Gasteiger partial charge < -0.3 is 15.2 Å². The summed E-state index contributed by atoms with van der Waals surface area (Å²) >= 11 is 8.12. The number of nitrogens with two attached hydrogens (primary N) is 1. The van der Waals surface area contributed by atoms with Gasteiger partial charge in [0.25, 0.3) is 0 Å². The number of aromatic nitrogens is 2. The van der Waals surface area contributed by atoms with E-state index in [1.165, 1.54) is 11.3 Å². The summed E-state index contributed by atoms with van der Waals surface area (Å²) in [5.74, 6) is -0.766. The second kappa shape index (κ2) is 9.50. The van der Waals surface area contributed by atoms with Gasteiger partial charge >= 0.3 is 11.9 Å². The van der Waals surface area contributed by atoms with Gasteiger partial charge in [0.2, 0.25) is 0 Å². The number of nitrogen functional groups attached to an aromatic ring is 1. The monoisotopic (exact) mass is 467 g/mol. The number of carbonyl (C=O) groups is 3. The SMILES string of the molecule is CCOC(=O)c1sc2nc(COC(=O)CCC(=O)c3ccc(Cl)s3)nc(N)c2c1C. The van der Waals surface area contributed by atoms with Crippen LogP contribution in [0.15, 0.2) is 12.1 Å². The van der Waals surface area contributed by atoms with Crippen LogP contribution in [0.1, 0.15) is 50.5 Å². The zero-order valence-corrected chi connectivity index (χ0v) is 18.6. The lowest BCUT2D eigenvalue weighted by atomic mass is 10.2. The molecule has 2 N–H and O–H groups in total. The molecule has 0 saturated heterocycles. The molecule has 0 atom stereocenters. The van der Waals surface area contributed by atoms with Gasteiger partial charge in [-0.25, -0.2) is 14.8 Å². The van der Waals surface area contributed by atoms with Crippen LogP contribution >= 0.6 is 34.3 Å². The molecular formula is C19H18ClN3O5S2. The maximum atomic E-state index is 12.1. The Balaban J connectivity index is 1.63. The zero-order chi connectivity index (χ0) is 21.8. The van der Waals surface area contributed by atoms with Crippen LogP contribution in [0.4, 0.5) is 5.82 Å². The fourth-order valence-corrected chi connectivity index (χ4v) is 4.80. The van der Waals surface area contributed by atoms with Crippen molar-refractivity contribution >= 4 is 68.0 Å². The minimum absolute atomic E-state index is 0.0186. The zero-order valence-electron chi connectivity index (χ0n) is 16.2. The van der Waals surface area contributed by atoms with Crippen LogP contribution in [-0.4, -0.2) is 34.3 Å². The average molecular weight is 468 g/mol. The van der Waals surface area contributed by atoms with Gasteiger partial charge in [-0.15, -0.1) is 22.7 Å². The maximum Gasteiger partial charge on any atom is 0.348 e. The summed E-state index contributed by atoms with van der Waals surface area (Å²) < 4.78 is 10.7. The van der Waals surface area contributed by atoms with Gasteiger partial charge in [0, 0.05) is 6.42 Å². The number of thiophene rings is 2. The predicted octanol–water partition coefficient (Wildman–Crippen LogP) is 4.18. The van der Waals surface area contributed by atoms with E-state index in [1.54, 1.807) is 26.0 Å². The topological polar surface area (TPSA) is 121 Å². The number of hydrogen-bond acceptors (Lipinski definition) is 10. The van der Waals surface area contributed by atoms with Crippen LogP contribution in [0.2, 0.25) is 4.34 Å². The minimum Gasteiger partial charge on any atom is -0.462 e. The molecule has 0 radical (unpaired) electrons. The van der Waals surface area contributed by atoms with E-state index in [1.807, 2.05) is 0 Å². The standard InChI is InChI=1S/C19H18ClN3O5S2/c1-3-27-19(26)16-9(2)15-17(21)22-13(23-18(15)30-16)8-28-14(25)7-4-10(24)11-5-6-12(20)29-11/h5-6H,3-4,7-8H2,1-2H3,(H2,21,22,23). The number of Topliss-reactive ketones (excluding diaryl/α,β-unsaturated/α-hetero) is 1. The Bertz CT molecular complexity index is 1130. The molecule has 0 saturated carbocycles. The summed E-state index contributed by atoms with van der Waals surface area (Å²) in [5, 5.41) is 0.582. The minimum atomic E-state index is -0.553. The highest BCUT2D eigenvalue weighted by Crippen LogP contribution is 2.33. The smallest absolute Gasteiger partial charge is 0.348 e. The summed E-state index contributed by atoms with van der Waals surface area (Å²) in [6, 6.07) is 3.26. The molecule has 3 heterocycles. The lowest BCUT2D eigenvalue weighted by Crippen LogP contribution is -2.10. The molecule has 0 aliphatic carbocycles. The molecule has 11 heteroatoms. The molecule has 0 unspecified atom stereocenters. The molecule has 30 heavy (non-hydrogen) atoms. The van der Waals surface area contributed by atoms with Gasteiger partial charge in [-0.2, -0.15) is 0 Å². The summed E-state index contributed by atoms with van der Waals surface area (Å²) in [6.45, 7) is 3.55. The van der Waals surface area contributed by atoms with Crippen molar-refractivity contribution < 1.29 is 23.9 Å². The fraction of sp³-hybridized carbons (Fsp3) is 0.316. The number of hydrogen-bond donors (Lipinski definition) is 1. The maximum absolute atomic E-state index is 12.1. The first-order valence-electron chi connectivity index (χ1n) is 8.97. The number of ketones is 1. The number of rotatable bonds is 8. The molecule has 3 aromatic heterocycles. The van der Waals surface area contributed by atoms with Crippen LogP contribution in [0.25, 0.3) is 10.2 Å². The van der Waals surface area contributed by atoms with E-state index in [2.05, 4.69) is 9.97 Å². The first-order valence-corrected chi connectivity index (χ1v) is 11.0. The van der Waals surface area contributed by atoms with Crippen LogP contribution < -0.4 is 5.73 Å². The first-order chi connectivity index (χ1) is 14.3. The number of carbonyl (C=O) groups excluding carboxylic acids is 3. The Labute approximate surface area is 185 Å². The summed E-state index contributed by atoms with van der Waals surface area (Å²) in [5.41, 5.74) is 6.68. The van der Waals surface area contributed by atoms with Crippen LogP contribution in [0, 0.1) is 6.92 Å². The van der Waals surface area contributed by atoms with Crippen molar-refractivity contribution in [2.45, 2.75) is 33.3 Å². The number of fused-ring (bicyclic) bond motifs is 1. The highest BCUT2D eigenvalue weighted by molar-refractivity contribution is 7.20. The second-order valence-corrected chi connectivity index (χ2v) is 8.88. The third-order valence-corrected chi connectivity index (χ3v) is 6.53. The van der Waals surface area contributed by atoms with Crippen molar-refractivity contribution in [3.63, 3.8) is 0 Å². The van der Waals surface area contributed by atoms with E-state index in [-0.39, 0.29) is 43.5 Å². The van der Waals surface area contributed by atoms with E-state index >= 15 is 0 Å². The lowest BCUT2D eigenvalue weighted by molar-refractivity contribution is -0.145. The molecule has 0 amide bonds. The molecule has 0 fully saturated rings. The molecule has 0 aliphatic rings. The van der Waals surface area contributed by atoms with Crippen molar-refractivity contribution in [1.29, 1.82) is 0 Å². The number of ether oxygens (including phenoxy) is 2. The molecular weight excluding hydrogens is 450 g/mol. The van der Waals surface area contributed by atoms with E-state index < -0.39 is 11.9 Å². The second-order valence-electron chi connectivity index (χ2n) is 6.17. The Morgan fingerprint density at radius 2 is 1.90 bits per heavy atom. The predicted molar refractivity (Wildman–Crippen MR) is 115 cm³/mol. The largest absolute Gasteiger partial charge is 0.462 e. The lowest BCUT2D eigenvalue weighted by Gasteiger charge is -2.05. The number of halogens is 1. The van der Waals surface area contributed by atoms with Gasteiger partial charge in [0.1, 0.15) is 15.5 Å². The summed E-state index contributed by atoms with van der Waals surface area (Å²) in [7, 11) is 0.